The largest absolute Gasteiger partial charge is 0.347 e. The van der Waals surface area contributed by atoms with Crippen LogP contribution in [0.1, 0.15) is 33.6 Å². The van der Waals surface area contributed by atoms with E-state index in [0.717, 1.165) is 29.8 Å². The number of fused-ring (bicyclic) bond motifs is 1. The molecule has 0 atom stereocenters. The smallest absolute Gasteiger partial charge is 0.326 e. The number of urea groups is 1. The summed E-state index contributed by atoms with van der Waals surface area (Å²) in [5, 5.41) is 7.85. The molecule has 3 amide bonds. The second-order valence-corrected chi connectivity index (χ2v) is 8.04. The Balaban J connectivity index is 1.39. The Morgan fingerprint density at radius 3 is 2.59 bits per heavy atom. The monoisotopic (exact) mass is 405 g/mol. The quantitative estimate of drug-likeness (QED) is 0.638. The van der Waals surface area contributed by atoms with E-state index in [1.165, 1.54) is 5.56 Å². The Bertz CT molecular complexity index is 984. The average Bonchev–Trinajstić information content (AvgIpc) is 3.17. The Kier molecular flexibility index (Phi) is 5.91. The summed E-state index contributed by atoms with van der Waals surface area (Å²) >= 11 is 1.61. The molecule has 148 valence electrons. The standard InChI is InChI=1S/C23H23N3O2S/c27-22(24-16-20-8-5-15-29-20)18-10-12-19(13-11-18)25-23(28)26-14-4-3-7-17-6-1-2-9-21(17)26/h1-2,5-6,8-13,15H,3-4,7,14,16H2,(H,24,27)(H,25,28). The first-order valence-corrected chi connectivity index (χ1v) is 10.7. The minimum atomic E-state index is -0.144. The van der Waals surface area contributed by atoms with Gasteiger partial charge in [-0.1, -0.05) is 24.3 Å². The van der Waals surface area contributed by atoms with Gasteiger partial charge in [-0.15, -0.1) is 11.3 Å². The lowest BCUT2D eigenvalue weighted by atomic mass is 10.1. The summed E-state index contributed by atoms with van der Waals surface area (Å²) in [6.45, 7) is 1.22. The summed E-state index contributed by atoms with van der Waals surface area (Å²) in [6, 6.07) is 18.9. The predicted molar refractivity (Wildman–Crippen MR) is 118 cm³/mol. The van der Waals surface area contributed by atoms with E-state index in [4.69, 9.17) is 0 Å². The molecule has 5 nitrogen and oxygen atoms in total. The third-order valence-corrected chi connectivity index (χ3v) is 5.88. The number of hydrogen-bond donors (Lipinski definition) is 2. The lowest BCUT2D eigenvalue weighted by Crippen LogP contribution is -2.35. The zero-order chi connectivity index (χ0) is 20.1. The summed E-state index contributed by atoms with van der Waals surface area (Å²) in [5.41, 5.74) is 3.43. The third kappa shape index (κ3) is 4.66. The number of benzene rings is 2. The van der Waals surface area contributed by atoms with Gasteiger partial charge in [0, 0.05) is 28.4 Å². The summed E-state index contributed by atoms with van der Waals surface area (Å²) < 4.78 is 0. The van der Waals surface area contributed by atoms with Crippen molar-refractivity contribution in [3.8, 4) is 0 Å². The minimum absolute atomic E-state index is 0.127. The normalized spacial score (nSPS) is 13.3. The number of para-hydroxylation sites is 1. The van der Waals surface area contributed by atoms with Crippen molar-refractivity contribution in [2.24, 2.45) is 0 Å². The molecule has 0 spiro atoms. The molecule has 2 aromatic carbocycles. The Labute approximate surface area is 174 Å². The number of rotatable bonds is 4. The summed E-state index contributed by atoms with van der Waals surface area (Å²) in [4.78, 5) is 28.1. The van der Waals surface area contributed by atoms with Crippen LogP contribution in [-0.2, 0) is 13.0 Å². The van der Waals surface area contributed by atoms with E-state index in [9.17, 15) is 9.59 Å². The zero-order valence-corrected chi connectivity index (χ0v) is 16.9. The van der Waals surface area contributed by atoms with Crippen molar-refractivity contribution in [2.75, 3.05) is 16.8 Å². The van der Waals surface area contributed by atoms with E-state index < -0.39 is 0 Å². The molecule has 0 bridgehead atoms. The average molecular weight is 406 g/mol. The zero-order valence-electron chi connectivity index (χ0n) is 16.1. The van der Waals surface area contributed by atoms with Gasteiger partial charge in [0.1, 0.15) is 0 Å². The van der Waals surface area contributed by atoms with Gasteiger partial charge in [-0.05, 0) is 66.6 Å². The van der Waals surface area contributed by atoms with E-state index >= 15 is 0 Å². The van der Waals surface area contributed by atoms with Crippen LogP contribution < -0.4 is 15.5 Å². The molecular formula is C23H23N3O2S. The second-order valence-electron chi connectivity index (χ2n) is 7.01. The van der Waals surface area contributed by atoms with Crippen LogP contribution in [0.3, 0.4) is 0 Å². The number of aryl methyl sites for hydroxylation is 1. The summed E-state index contributed by atoms with van der Waals surface area (Å²) in [6.07, 6.45) is 3.05. The highest BCUT2D eigenvalue weighted by atomic mass is 32.1. The predicted octanol–water partition coefficient (Wildman–Crippen LogP) is 5.05. The van der Waals surface area contributed by atoms with Crippen molar-refractivity contribution in [1.29, 1.82) is 0 Å². The molecule has 29 heavy (non-hydrogen) atoms. The van der Waals surface area contributed by atoms with Gasteiger partial charge in [0.2, 0.25) is 0 Å². The third-order valence-electron chi connectivity index (χ3n) is 5.01. The molecule has 0 radical (unpaired) electrons. The Hall–Kier alpha value is -3.12. The van der Waals surface area contributed by atoms with Crippen molar-refractivity contribution >= 4 is 34.6 Å². The number of hydrogen-bond acceptors (Lipinski definition) is 3. The van der Waals surface area contributed by atoms with Crippen molar-refractivity contribution < 1.29 is 9.59 Å². The molecule has 0 saturated heterocycles. The molecule has 0 saturated carbocycles. The highest BCUT2D eigenvalue weighted by Gasteiger charge is 2.21. The van der Waals surface area contributed by atoms with Crippen LogP contribution in [0.25, 0.3) is 0 Å². The highest BCUT2D eigenvalue weighted by Crippen LogP contribution is 2.26. The fourth-order valence-corrected chi connectivity index (χ4v) is 4.13. The van der Waals surface area contributed by atoms with E-state index in [1.54, 1.807) is 35.6 Å². The molecule has 1 aliphatic heterocycles. The maximum atomic E-state index is 12.9. The van der Waals surface area contributed by atoms with Gasteiger partial charge in [-0.3, -0.25) is 9.69 Å². The van der Waals surface area contributed by atoms with Crippen LogP contribution in [0.15, 0.2) is 66.0 Å². The highest BCUT2D eigenvalue weighted by molar-refractivity contribution is 7.09. The van der Waals surface area contributed by atoms with Crippen LogP contribution >= 0.6 is 11.3 Å². The number of anilines is 2. The summed E-state index contributed by atoms with van der Waals surface area (Å²) in [7, 11) is 0. The van der Waals surface area contributed by atoms with Gasteiger partial charge in [0.05, 0.1) is 6.54 Å². The molecule has 3 aromatic rings. The van der Waals surface area contributed by atoms with Gasteiger partial charge in [0.15, 0.2) is 0 Å². The van der Waals surface area contributed by atoms with Crippen LogP contribution in [0.5, 0.6) is 0 Å². The summed E-state index contributed by atoms with van der Waals surface area (Å²) in [5.74, 6) is -0.127. The first-order valence-electron chi connectivity index (χ1n) is 9.78. The van der Waals surface area contributed by atoms with Crippen LogP contribution in [0, 0.1) is 0 Å². The Morgan fingerprint density at radius 1 is 0.966 bits per heavy atom. The number of carbonyl (C=O) groups excluding carboxylic acids is 2. The van der Waals surface area contributed by atoms with Gasteiger partial charge < -0.3 is 10.6 Å². The van der Waals surface area contributed by atoms with Gasteiger partial charge in [-0.25, -0.2) is 4.79 Å². The van der Waals surface area contributed by atoms with Crippen LogP contribution in [0.4, 0.5) is 16.2 Å². The maximum Gasteiger partial charge on any atom is 0.326 e. The van der Waals surface area contributed by atoms with E-state index in [0.29, 0.717) is 24.3 Å². The minimum Gasteiger partial charge on any atom is -0.347 e. The molecule has 0 fully saturated rings. The molecule has 2 N–H and O–H groups in total. The van der Waals surface area contributed by atoms with Crippen molar-refractivity contribution in [3.63, 3.8) is 0 Å². The van der Waals surface area contributed by atoms with Gasteiger partial charge >= 0.3 is 6.03 Å². The first kappa shape index (κ1) is 19.2. The van der Waals surface area contributed by atoms with Crippen LogP contribution in [0.2, 0.25) is 0 Å². The van der Waals surface area contributed by atoms with Crippen molar-refractivity contribution in [3.05, 3.63) is 82.0 Å². The van der Waals surface area contributed by atoms with E-state index in [1.807, 2.05) is 40.6 Å². The van der Waals surface area contributed by atoms with Crippen molar-refractivity contribution in [1.82, 2.24) is 5.32 Å². The Morgan fingerprint density at radius 2 is 1.79 bits per heavy atom. The van der Waals surface area contributed by atoms with Crippen LogP contribution in [-0.4, -0.2) is 18.5 Å². The fourth-order valence-electron chi connectivity index (χ4n) is 3.48. The number of nitrogens with one attached hydrogen (secondary N) is 2. The number of thiophene rings is 1. The molecule has 4 rings (SSSR count). The lowest BCUT2D eigenvalue weighted by molar-refractivity contribution is 0.0951. The molecule has 2 heterocycles. The second kappa shape index (κ2) is 8.92. The fraction of sp³-hybridized carbons (Fsp3) is 0.217. The lowest BCUT2D eigenvalue weighted by Gasteiger charge is -2.23. The molecule has 1 aliphatic rings. The van der Waals surface area contributed by atoms with Gasteiger partial charge in [0.25, 0.3) is 5.91 Å². The number of amides is 3. The number of carbonyl (C=O) groups is 2. The molecule has 0 aliphatic carbocycles. The molecular weight excluding hydrogens is 382 g/mol. The van der Waals surface area contributed by atoms with Crippen molar-refractivity contribution in [2.45, 2.75) is 25.8 Å². The topological polar surface area (TPSA) is 61.4 Å². The molecule has 1 aromatic heterocycles. The van der Waals surface area contributed by atoms with Gasteiger partial charge in [-0.2, -0.15) is 0 Å². The SMILES string of the molecule is O=C(NCc1cccs1)c1ccc(NC(=O)N2CCCCc3ccccc32)cc1. The molecule has 6 heteroatoms. The number of nitrogens with zero attached hydrogens (tertiary/aromatic N) is 1. The maximum absolute atomic E-state index is 12.9. The first-order chi connectivity index (χ1) is 14.2. The van der Waals surface area contributed by atoms with E-state index in [2.05, 4.69) is 16.7 Å². The molecule has 0 unspecified atom stereocenters. The van der Waals surface area contributed by atoms with E-state index in [-0.39, 0.29) is 11.9 Å².